The number of nitrogens with zero attached hydrogens (tertiary/aromatic N) is 3. The summed E-state index contributed by atoms with van der Waals surface area (Å²) in [5.41, 5.74) is 0.880. The van der Waals surface area contributed by atoms with Gasteiger partial charge in [-0.2, -0.15) is 8.42 Å². The molecular formula is C18H29N3O3S. The highest BCUT2D eigenvalue weighted by atomic mass is 32.2. The van der Waals surface area contributed by atoms with Crippen molar-refractivity contribution in [3.63, 3.8) is 0 Å². The molecule has 1 aliphatic rings. The van der Waals surface area contributed by atoms with E-state index in [1.54, 1.807) is 44.3 Å². The molecule has 7 heteroatoms. The van der Waals surface area contributed by atoms with Crippen molar-refractivity contribution in [3.05, 3.63) is 23.8 Å². The van der Waals surface area contributed by atoms with Crippen LogP contribution in [0.15, 0.2) is 27.5 Å². The molecule has 0 bridgehead atoms. The van der Waals surface area contributed by atoms with E-state index in [9.17, 15) is 8.42 Å². The Morgan fingerprint density at radius 2 is 1.92 bits per heavy atom. The van der Waals surface area contributed by atoms with Gasteiger partial charge >= 0.3 is 0 Å². The van der Waals surface area contributed by atoms with Crippen LogP contribution in [0.1, 0.15) is 25.8 Å². The lowest BCUT2D eigenvalue weighted by molar-refractivity contribution is 0.133. The second-order valence-corrected chi connectivity index (χ2v) is 8.91. The maximum atomic E-state index is 12.4. The quantitative estimate of drug-likeness (QED) is 0.571. The largest absolute Gasteiger partial charge is 0.496 e. The molecule has 0 spiro atoms. The van der Waals surface area contributed by atoms with E-state index >= 15 is 0 Å². The standard InChI is InChI=1S/C18H29N3O3S/c1-14-8-15(2)11-21(10-14)12-16-9-17(6-7-18(16)24-5)25(22,23)19-13-20(3)4/h6-7,9,13-15H,8,10-12H2,1-5H3. The van der Waals surface area contributed by atoms with Gasteiger partial charge in [0.05, 0.1) is 12.0 Å². The van der Waals surface area contributed by atoms with Gasteiger partial charge in [-0.1, -0.05) is 13.8 Å². The van der Waals surface area contributed by atoms with Gasteiger partial charge < -0.3 is 9.64 Å². The number of likely N-dealkylation sites (tertiary alicyclic amines) is 1. The predicted octanol–water partition coefficient (Wildman–Crippen LogP) is 2.45. The smallest absolute Gasteiger partial charge is 0.283 e. The van der Waals surface area contributed by atoms with Crippen LogP contribution in [0.25, 0.3) is 0 Å². The molecule has 0 saturated carbocycles. The van der Waals surface area contributed by atoms with E-state index in [2.05, 4.69) is 23.1 Å². The molecular weight excluding hydrogens is 338 g/mol. The fourth-order valence-electron chi connectivity index (χ4n) is 3.42. The second kappa shape index (κ2) is 8.19. The number of sulfonamides is 1. The van der Waals surface area contributed by atoms with Crippen molar-refractivity contribution in [1.82, 2.24) is 9.80 Å². The summed E-state index contributed by atoms with van der Waals surface area (Å²) in [6.07, 6.45) is 2.54. The lowest BCUT2D eigenvalue weighted by atomic mass is 9.91. The number of hydrogen-bond acceptors (Lipinski definition) is 4. The zero-order chi connectivity index (χ0) is 18.6. The summed E-state index contributed by atoms with van der Waals surface area (Å²) >= 11 is 0. The Hall–Kier alpha value is -1.60. The van der Waals surface area contributed by atoms with Gasteiger partial charge in [-0.3, -0.25) is 4.90 Å². The maximum absolute atomic E-state index is 12.4. The van der Waals surface area contributed by atoms with Gasteiger partial charge in [-0.25, -0.2) is 0 Å². The number of hydrogen-bond donors (Lipinski definition) is 0. The lowest BCUT2D eigenvalue weighted by Crippen LogP contribution is -2.38. The van der Waals surface area contributed by atoms with Crippen molar-refractivity contribution < 1.29 is 13.2 Å². The van der Waals surface area contributed by atoms with Crippen molar-refractivity contribution in [2.75, 3.05) is 34.3 Å². The topological polar surface area (TPSA) is 62.2 Å². The van der Waals surface area contributed by atoms with Crippen LogP contribution < -0.4 is 4.74 Å². The van der Waals surface area contributed by atoms with Crippen LogP contribution in [-0.4, -0.2) is 58.9 Å². The van der Waals surface area contributed by atoms with E-state index in [-0.39, 0.29) is 4.90 Å². The Bertz CT molecular complexity index is 706. The molecule has 2 atom stereocenters. The van der Waals surface area contributed by atoms with Crippen LogP contribution in [0.5, 0.6) is 5.75 Å². The molecule has 1 aromatic carbocycles. The van der Waals surface area contributed by atoms with Crippen LogP contribution in [0.2, 0.25) is 0 Å². The van der Waals surface area contributed by atoms with Crippen LogP contribution in [0.3, 0.4) is 0 Å². The van der Waals surface area contributed by atoms with E-state index < -0.39 is 10.0 Å². The van der Waals surface area contributed by atoms with Crippen LogP contribution in [0.4, 0.5) is 0 Å². The number of piperidine rings is 1. The third-order valence-electron chi connectivity index (χ3n) is 4.31. The Morgan fingerprint density at radius 3 is 2.48 bits per heavy atom. The zero-order valence-corrected chi connectivity index (χ0v) is 16.6. The molecule has 25 heavy (non-hydrogen) atoms. The fraction of sp³-hybridized carbons (Fsp3) is 0.611. The molecule has 0 amide bonds. The van der Waals surface area contributed by atoms with Gasteiger partial charge in [0.25, 0.3) is 10.0 Å². The van der Waals surface area contributed by atoms with Crippen LogP contribution >= 0.6 is 0 Å². The minimum atomic E-state index is -3.71. The van der Waals surface area contributed by atoms with Crippen molar-refractivity contribution in [1.29, 1.82) is 0 Å². The van der Waals surface area contributed by atoms with Crippen LogP contribution in [-0.2, 0) is 16.6 Å². The lowest BCUT2D eigenvalue weighted by Gasteiger charge is -2.35. The van der Waals surface area contributed by atoms with Gasteiger partial charge in [-0.15, -0.1) is 4.40 Å². The summed E-state index contributed by atoms with van der Waals surface area (Å²) in [6, 6.07) is 4.95. The molecule has 0 aliphatic carbocycles. The normalized spacial score (nSPS) is 22.3. The van der Waals surface area contributed by atoms with Crippen molar-refractivity contribution in [3.8, 4) is 5.75 Å². The van der Waals surface area contributed by atoms with E-state index in [1.165, 1.54) is 12.8 Å². The molecule has 1 aliphatic heterocycles. The van der Waals surface area contributed by atoms with Gasteiger partial charge in [0.1, 0.15) is 12.1 Å². The first-order valence-electron chi connectivity index (χ1n) is 8.57. The molecule has 0 radical (unpaired) electrons. The maximum Gasteiger partial charge on any atom is 0.283 e. The molecule has 1 fully saturated rings. The first kappa shape index (κ1) is 19.7. The minimum Gasteiger partial charge on any atom is -0.496 e. The number of benzene rings is 1. The van der Waals surface area contributed by atoms with Gasteiger partial charge in [0.15, 0.2) is 0 Å². The van der Waals surface area contributed by atoms with Crippen molar-refractivity contribution >= 4 is 16.4 Å². The summed E-state index contributed by atoms with van der Waals surface area (Å²) in [4.78, 5) is 4.16. The summed E-state index contributed by atoms with van der Waals surface area (Å²) in [5, 5.41) is 0. The Balaban J connectivity index is 2.28. The molecule has 2 rings (SSSR count). The van der Waals surface area contributed by atoms with E-state index in [1.807, 2.05) is 0 Å². The molecule has 0 aromatic heterocycles. The molecule has 1 heterocycles. The summed E-state index contributed by atoms with van der Waals surface area (Å²) in [7, 11) is 1.36. The first-order chi connectivity index (χ1) is 11.7. The third kappa shape index (κ3) is 5.44. The average molecular weight is 368 g/mol. The molecule has 140 valence electrons. The van der Waals surface area contributed by atoms with Gasteiger partial charge in [0, 0.05) is 39.3 Å². The van der Waals surface area contributed by atoms with Gasteiger partial charge in [-0.05, 0) is 36.5 Å². The summed E-state index contributed by atoms with van der Waals surface area (Å²) < 4.78 is 34.0. The highest BCUT2D eigenvalue weighted by molar-refractivity contribution is 7.90. The SMILES string of the molecule is COc1ccc(S(=O)(=O)N=CN(C)C)cc1CN1CC(C)CC(C)C1. The van der Waals surface area contributed by atoms with Crippen molar-refractivity contribution in [2.24, 2.45) is 16.2 Å². The van der Waals surface area contributed by atoms with Gasteiger partial charge in [0.2, 0.25) is 0 Å². The zero-order valence-electron chi connectivity index (χ0n) is 15.8. The minimum absolute atomic E-state index is 0.194. The van der Waals surface area contributed by atoms with Crippen molar-refractivity contribution in [2.45, 2.75) is 31.7 Å². The molecule has 1 aromatic rings. The highest BCUT2D eigenvalue weighted by Gasteiger charge is 2.23. The third-order valence-corrected chi connectivity index (χ3v) is 5.53. The van der Waals surface area contributed by atoms with E-state index in [0.717, 1.165) is 18.7 Å². The first-order valence-corrected chi connectivity index (χ1v) is 10.0. The summed E-state index contributed by atoms with van der Waals surface area (Å²) in [5.74, 6) is 2.00. The summed E-state index contributed by atoms with van der Waals surface area (Å²) in [6.45, 7) is 7.23. The Morgan fingerprint density at radius 1 is 1.28 bits per heavy atom. The number of methoxy groups -OCH3 is 1. The molecule has 1 saturated heterocycles. The number of ether oxygens (including phenoxy) is 1. The number of rotatable bonds is 6. The molecule has 0 N–H and O–H groups in total. The highest BCUT2D eigenvalue weighted by Crippen LogP contribution is 2.28. The second-order valence-electron chi connectivity index (χ2n) is 7.27. The average Bonchev–Trinajstić information content (AvgIpc) is 2.52. The molecule has 2 unspecified atom stereocenters. The Labute approximate surface area is 151 Å². The van der Waals surface area contributed by atoms with E-state index in [4.69, 9.17) is 4.74 Å². The fourth-order valence-corrected chi connectivity index (χ4v) is 4.38. The molecule has 6 nitrogen and oxygen atoms in total. The monoisotopic (exact) mass is 367 g/mol. The predicted molar refractivity (Wildman–Crippen MR) is 101 cm³/mol. The van der Waals surface area contributed by atoms with Crippen LogP contribution in [0, 0.1) is 11.8 Å². The Kier molecular flexibility index (Phi) is 6.46. The van der Waals surface area contributed by atoms with E-state index in [0.29, 0.717) is 24.1 Å².